The van der Waals surface area contributed by atoms with Gasteiger partial charge in [0.15, 0.2) is 5.82 Å². The first-order valence-corrected chi connectivity index (χ1v) is 10.7. The maximum Gasteiger partial charge on any atom is 0.251 e. The highest BCUT2D eigenvalue weighted by Crippen LogP contribution is 2.24. The van der Waals surface area contributed by atoms with E-state index < -0.39 is 0 Å². The number of aromatic amines is 1. The molecule has 2 heterocycles. The van der Waals surface area contributed by atoms with Crippen LogP contribution in [0.4, 0.5) is 0 Å². The zero-order valence-corrected chi connectivity index (χ0v) is 18.4. The van der Waals surface area contributed by atoms with Gasteiger partial charge in [0.1, 0.15) is 5.82 Å². The summed E-state index contributed by atoms with van der Waals surface area (Å²) in [5.41, 5.74) is 5.10. The summed E-state index contributed by atoms with van der Waals surface area (Å²) in [6.45, 7) is 6.97. The van der Waals surface area contributed by atoms with Crippen molar-refractivity contribution in [3.63, 3.8) is 0 Å². The van der Waals surface area contributed by atoms with Gasteiger partial charge in [0.2, 0.25) is 0 Å². The molecule has 0 aliphatic rings. The van der Waals surface area contributed by atoms with E-state index in [0.717, 1.165) is 28.7 Å². The third kappa shape index (κ3) is 4.35. The number of H-pyrrole nitrogens is 1. The van der Waals surface area contributed by atoms with Gasteiger partial charge in [0, 0.05) is 36.5 Å². The van der Waals surface area contributed by atoms with Gasteiger partial charge in [-0.15, -0.1) is 0 Å². The molecule has 0 unspecified atom stereocenters. The highest BCUT2D eigenvalue weighted by molar-refractivity contribution is 5.94. The molecular formula is C24H28N6O. The fourth-order valence-corrected chi connectivity index (χ4v) is 3.74. The molecule has 160 valence electrons. The SMILES string of the molecule is CCc1c(Cc2nc(-c3ccc(C(=O)NCC(C)C)cc3)nn2C)ccc2[nH]ncc12. The van der Waals surface area contributed by atoms with Crippen LogP contribution in [0.3, 0.4) is 0 Å². The molecule has 7 nitrogen and oxygen atoms in total. The van der Waals surface area contributed by atoms with Gasteiger partial charge < -0.3 is 5.32 Å². The minimum absolute atomic E-state index is 0.0587. The van der Waals surface area contributed by atoms with Crippen LogP contribution in [0, 0.1) is 5.92 Å². The third-order valence-corrected chi connectivity index (χ3v) is 5.46. The Morgan fingerprint density at radius 2 is 1.94 bits per heavy atom. The van der Waals surface area contributed by atoms with Gasteiger partial charge in [-0.2, -0.15) is 10.2 Å². The van der Waals surface area contributed by atoms with E-state index in [9.17, 15) is 4.79 Å². The summed E-state index contributed by atoms with van der Waals surface area (Å²) in [7, 11) is 1.92. The zero-order valence-electron chi connectivity index (χ0n) is 18.4. The van der Waals surface area contributed by atoms with Crippen LogP contribution in [0.1, 0.15) is 48.1 Å². The number of rotatable bonds is 7. The molecule has 1 amide bonds. The fourth-order valence-electron chi connectivity index (χ4n) is 3.74. The molecule has 0 aliphatic carbocycles. The minimum atomic E-state index is -0.0587. The van der Waals surface area contributed by atoms with Crippen molar-refractivity contribution in [1.29, 1.82) is 0 Å². The Morgan fingerprint density at radius 3 is 2.65 bits per heavy atom. The first-order valence-electron chi connectivity index (χ1n) is 10.7. The van der Waals surface area contributed by atoms with Crippen molar-refractivity contribution >= 4 is 16.8 Å². The number of carbonyl (C=O) groups excluding carboxylic acids is 1. The van der Waals surface area contributed by atoms with Crippen molar-refractivity contribution in [1.82, 2.24) is 30.3 Å². The summed E-state index contributed by atoms with van der Waals surface area (Å²) in [5.74, 6) is 1.92. The number of aromatic nitrogens is 5. The van der Waals surface area contributed by atoms with Gasteiger partial charge in [0.05, 0.1) is 11.7 Å². The molecule has 0 radical (unpaired) electrons. The lowest BCUT2D eigenvalue weighted by molar-refractivity contribution is 0.0949. The Balaban J connectivity index is 1.55. The zero-order chi connectivity index (χ0) is 22.0. The summed E-state index contributed by atoms with van der Waals surface area (Å²) in [6, 6.07) is 11.7. The van der Waals surface area contributed by atoms with E-state index in [1.807, 2.05) is 42.2 Å². The maximum absolute atomic E-state index is 12.2. The van der Waals surface area contributed by atoms with Crippen molar-refractivity contribution in [2.75, 3.05) is 6.54 Å². The van der Waals surface area contributed by atoms with Gasteiger partial charge in [-0.05, 0) is 41.7 Å². The average molecular weight is 417 g/mol. The Kier molecular flexibility index (Phi) is 5.84. The molecular weight excluding hydrogens is 388 g/mol. The van der Waals surface area contributed by atoms with E-state index in [1.165, 1.54) is 11.1 Å². The lowest BCUT2D eigenvalue weighted by Gasteiger charge is -2.08. The van der Waals surface area contributed by atoms with Crippen molar-refractivity contribution in [2.24, 2.45) is 13.0 Å². The predicted molar refractivity (Wildman–Crippen MR) is 122 cm³/mol. The summed E-state index contributed by atoms with van der Waals surface area (Å²) in [6.07, 6.45) is 3.51. The monoisotopic (exact) mass is 416 g/mol. The molecule has 2 aromatic heterocycles. The van der Waals surface area contributed by atoms with Gasteiger partial charge in [-0.3, -0.25) is 14.6 Å². The number of nitrogens with zero attached hydrogens (tertiary/aromatic N) is 4. The lowest BCUT2D eigenvalue weighted by Crippen LogP contribution is -2.27. The minimum Gasteiger partial charge on any atom is -0.352 e. The second-order valence-electron chi connectivity index (χ2n) is 8.22. The molecule has 7 heteroatoms. The van der Waals surface area contributed by atoms with E-state index in [4.69, 9.17) is 4.98 Å². The molecule has 0 spiro atoms. The van der Waals surface area contributed by atoms with Gasteiger partial charge >= 0.3 is 0 Å². The Morgan fingerprint density at radius 1 is 1.16 bits per heavy atom. The average Bonchev–Trinajstić information content (AvgIpc) is 3.39. The predicted octanol–water partition coefficient (Wildman–Crippen LogP) is 3.90. The first kappa shape index (κ1) is 20.8. The van der Waals surface area contributed by atoms with Crippen LogP contribution >= 0.6 is 0 Å². The molecule has 0 atom stereocenters. The summed E-state index contributed by atoms with van der Waals surface area (Å²) < 4.78 is 1.83. The number of nitrogens with one attached hydrogen (secondary N) is 2. The molecule has 0 aliphatic heterocycles. The molecule has 0 bridgehead atoms. The Labute approximate surface area is 181 Å². The maximum atomic E-state index is 12.2. The van der Waals surface area contributed by atoms with Gasteiger partial charge in [-0.25, -0.2) is 4.98 Å². The normalized spacial score (nSPS) is 11.4. The number of carbonyl (C=O) groups is 1. The van der Waals surface area contributed by atoms with Crippen LogP contribution in [-0.4, -0.2) is 37.4 Å². The molecule has 31 heavy (non-hydrogen) atoms. The number of benzene rings is 2. The van der Waals surface area contributed by atoms with Gasteiger partial charge in [0.25, 0.3) is 5.91 Å². The molecule has 0 saturated carbocycles. The number of amides is 1. The molecule has 4 aromatic rings. The van der Waals surface area contributed by atoms with E-state index >= 15 is 0 Å². The summed E-state index contributed by atoms with van der Waals surface area (Å²) in [4.78, 5) is 17.0. The Hall–Kier alpha value is -3.48. The Bertz CT molecular complexity index is 1200. The van der Waals surface area contributed by atoms with Crippen molar-refractivity contribution in [3.8, 4) is 11.4 Å². The number of hydrogen-bond donors (Lipinski definition) is 2. The molecule has 0 fully saturated rings. The van der Waals surface area contributed by atoms with E-state index in [1.54, 1.807) is 0 Å². The van der Waals surface area contributed by atoms with E-state index in [-0.39, 0.29) is 5.91 Å². The number of fused-ring (bicyclic) bond motifs is 1. The standard InChI is InChI=1S/C24H28N6O/c1-5-19-18(10-11-21-20(19)14-26-28-21)12-22-27-23(29-30(22)4)16-6-8-17(9-7-16)24(31)25-13-15(2)3/h6-11,14-15H,5,12-13H2,1-4H3,(H,25,31)(H,26,28). The summed E-state index contributed by atoms with van der Waals surface area (Å²) in [5, 5.41) is 15.9. The first-order chi connectivity index (χ1) is 15.0. The van der Waals surface area contributed by atoms with Crippen molar-refractivity contribution in [3.05, 3.63) is 65.1 Å². The van der Waals surface area contributed by atoms with Crippen LogP contribution in [-0.2, 0) is 19.9 Å². The smallest absolute Gasteiger partial charge is 0.251 e. The molecule has 0 saturated heterocycles. The van der Waals surface area contributed by atoms with Crippen LogP contribution in [0.5, 0.6) is 0 Å². The van der Waals surface area contributed by atoms with Crippen LogP contribution < -0.4 is 5.32 Å². The van der Waals surface area contributed by atoms with Crippen LogP contribution in [0.25, 0.3) is 22.3 Å². The van der Waals surface area contributed by atoms with E-state index in [0.29, 0.717) is 30.3 Å². The lowest BCUT2D eigenvalue weighted by atomic mass is 9.98. The molecule has 2 aromatic carbocycles. The quantitative estimate of drug-likeness (QED) is 0.478. The number of aryl methyl sites for hydroxylation is 2. The van der Waals surface area contributed by atoms with Crippen molar-refractivity contribution in [2.45, 2.75) is 33.6 Å². The second kappa shape index (κ2) is 8.71. The second-order valence-corrected chi connectivity index (χ2v) is 8.22. The van der Waals surface area contributed by atoms with Crippen LogP contribution in [0.15, 0.2) is 42.6 Å². The highest BCUT2D eigenvalue weighted by atomic mass is 16.1. The molecule has 4 rings (SSSR count). The molecule has 2 N–H and O–H groups in total. The van der Waals surface area contributed by atoms with Gasteiger partial charge in [-0.1, -0.05) is 39.0 Å². The largest absolute Gasteiger partial charge is 0.352 e. The number of hydrogen-bond acceptors (Lipinski definition) is 4. The fraction of sp³-hybridized carbons (Fsp3) is 0.333. The third-order valence-electron chi connectivity index (χ3n) is 5.46. The van der Waals surface area contributed by atoms with Crippen LogP contribution in [0.2, 0.25) is 0 Å². The highest BCUT2D eigenvalue weighted by Gasteiger charge is 2.14. The summed E-state index contributed by atoms with van der Waals surface area (Å²) >= 11 is 0. The van der Waals surface area contributed by atoms with E-state index in [2.05, 4.69) is 53.5 Å². The van der Waals surface area contributed by atoms with Crippen molar-refractivity contribution < 1.29 is 4.79 Å². The topological polar surface area (TPSA) is 88.5 Å².